The molecule has 0 fully saturated rings. The molecule has 0 saturated carbocycles. The number of rotatable bonds is 10. The number of aliphatic hydroxyl groups is 10. The maximum Gasteiger partial charge on any atom is 0.189 e. The lowest BCUT2D eigenvalue weighted by Crippen LogP contribution is -2.44. The van der Waals surface area contributed by atoms with Crippen molar-refractivity contribution in [1.82, 2.24) is 0 Å². The van der Waals surface area contributed by atoms with Crippen molar-refractivity contribution >= 4 is 11.6 Å². The van der Waals surface area contributed by atoms with Crippen LogP contribution in [-0.4, -0.2) is 126 Å². The number of Topliss-reactive ketones (excluding diaryl/α,β-unsaturated/α-hetero) is 2. The molecule has 12 nitrogen and oxygen atoms in total. The van der Waals surface area contributed by atoms with Gasteiger partial charge in [0.05, 0.1) is 13.2 Å². The van der Waals surface area contributed by atoms with Gasteiger partial charge in [-0.1, -0.05) is 0 Å². The fourth-order valence-electron chi connectivity index (χ4n) is 1.20. The van der Waals surface area contributed by atoms with E-state index in [1.807, 2.05) is 0 Å². The SMILES string of the molecule is O=C(CO)[C@@H](O)[C@@H](O)[C@H](O)CO.O=C(CO)[C@@H](O)[C@H](O)[C@H](O)CO. The van der Waals surface area contributed by atoms with Crippen LogP contribution in [0.3, 0.4) is 0 Å². The highest BCUT2D eigenvalue weighted by Gasteiger charge is 2.29. The molecule has 0 aliphatic heterocycles. The summed E-state index contributed by atoms with van der Waals surface area (Å²) in [6.07, 6.45) is -10.4. The maximum absolute atomic E-state index is 10.5. The zero-order valence-corrected chi connectivity index (χ0v) is 12.6. The molecular formula is C12H24O12. The number of carbonyl (C=O) groups is 2. The van der Waals surface area contributed by atoms with Gasteiger partial charge in [-0.3, -0.25) is 9.59 Å². The summed E-state index contributed by atoms with van der Waals surface area (Å²) < 4.78 is 0. The van der Waals surface area contributed by atoms with Crippen LogP contribution in [0.15, 0.2) is 0 Å². The Balaban J connectivity index is 0. The van der Waals surface area contributed by atoms with Crippen molar-refractivity contribution in [3.63, 3.8) is 0 Å². The molecule has 0 bridgehead atoms. The van der Waals surface area contributed by atoms with Crippen molar-refractivity contribution in [2.75, 3.05) is 26.4 Å². The van der Waals surface area contributed by atoms with Crippen molar-refractivity contribution in [2.24, 2.45) is 0 Å². The molecule has 6 atom stereocenters. The van der Waals surface area contributed by atoms with Crippen LogP contribution < -0.4 is 0 Å². The zero-order chi connectivity index (χ0) is 19.4. The molecule has 144 valence electrons. The number of ketones is 2. The van der Waals surface area contributed by atoms with Gasteiger partial charge in [0, 0.05) is 0 Å². The van der Waals surface area contributed by atoms with Crippen molar-refractivity contribution in [3.8, 4) is 0 Å². The molecule has 0 saturated heterocycles. The Kier molecular flexibility index (Phi) is 13.9. The second-order valence-corrected chi connectivity index (χ2v) is 4.62. The van der Waals surface area contributed by atoms with Gasteiger partial charge in [-0.25, -0.2) is 0 Å². The Morgan fingerprint density at radius 1 is 0.583 bits per heavy atom. The lowest BCUT2D eigenvalue weighted by atomic mass is 10.1. The highest BCUT2D eigenvalue weighted by atomic mass is 16.4. The standard InChI is InChI=1S/2C6H12O6/c2*7-1-3(9)5(11)6(12)4(10)2-8/h2*3,5-9,11-12H,1-2H2/t3-,5+,6-;3-,5-,6-/m11/s1. The predicted octanol–water partition coefficient (Wildman–Crippen LogP) is -6.75. The quantitative estimate of drug-likeness (QED) is 0.175. The molecule has 0 aromatic heterocycles. The van der Waals surface area contributed by atoms with E-state index in [2.05, 4.69) is 0 Å². The van der Waals surface area contributed by atoms with E-state index in [0.717, 1.165) is 0 Å². The van der Waals surface area contributed by atoms with Crippen LogP contribution in [0.2, 0.25) is 0 Å². The first-order valence-electron chi connectivity index (χ1n) is 6.66. The van der Waals surface area contributed by atoms with Gasteiger partial charge in [-0.05, 0) is 0 Å². The van der Waals surface area contributed by atoms with E-state index >= 15 is 0 Å². The third-order valence-electron chi connectivity index (χ3n) is 2.78. The normalized spacial score (nSPS) is 18.4. The Morgan fingerprint density at radius 3 is 1.00 bits per heavy atom. The fraction of sp³-hybridized carbons (Fsp3) is 0.833. The molecule has 10 N–H and O–H groups in total. The van der Waals surface area contributed by atoms with Gasteiger partial charge in [0.15, 0.2) is 11.6 Å². The molecular weight excluding hydrogens is 336 g/mol. The summed E-state index contributed by atoms with van der Waals surface area (Å²) in [7, 11) is 0. The van der Waals surface area contributed by atoms with E-state index in [9.17, 15) is 9.59 Å². The Bertz CT molecular complexity index is 328. The van der Waals surface area contributed by atoms with Crippen LogP contribution in [0.5, 0.6) is 0 Å². The highest BCUT2D eigenvalue weighted by molar-refractivity contribution is 5.84. The number of hydrogen-bond acceptors (Lipinski definition) is 12. The van der Waals surface area contributed by atoms with Crippen LogP contribution in [0.1, 0.15) is 0 Å². The van der Waals surface area contributed by atoms with Crippen molar-refractivity contribution in [2.45, 2.75) is 36.6 Å². The summed E-state index contributed by atoms with van der Waals surface area (Å²) in [6, 6.07) is 0. The monoisotopic (exact) mass is 360 g/mol. The van der Waals surface area contributed by atoms with E-state index in [4.69, 9.17) is 51.1 Å². The minimum atomic E-state index is -1.86. The molecule has 0 unspecified atom stereocenters. The largest absolute Gasteiger partial charge is 0.394 e. The van der Waals surface area contributed by atoms with Gasteiger partial charge in [0.1, 0.15) is 49.8 Å². The second-order valence-electron chi connectivity index (χ2n) is 4.62. The summed E-state index contributed by atoms with van der Waals surface area (Å²) in [6.45, 7) is -3.37. The van der Waals surface area contributed by atoms with Crippen molar-refractivity contribution in [1.29, 1.82) is 0 Å². The molecule has 12 heteroatoms. The van der Waals surface area contributed by atoms with Crippen LogP contribution >= 0.6 is 0 Å². The third kappa shape index (κ3) is 8.70. The second kappa shape index (κ2) is 13.3. The van der Waals surface area contributed by atoms with Gasteiger partial charge >= 0.3 is 0 Å². The van der Waals surface area contributed by atoms with Gasteiger partial charge in [0.2, 0.25) is 0 Å². The summed E-state index contributed by atoms with van der Waals surface area (Å²) in [5.74, 6) is -2.01. The van der Waals surface area contributed by atoms with E-state index in [-0.39, 0.29) is 0 Å². The van der Waals surface area contributed by atoms with Crippen LogP contribution in [0.25, 0.3) is 0 Å². The van der Waals surface area contributed by atoms with Crippen LogP contribution in [-0.2, 0) is 9.59 Å². The number of aliphatic hydroxyl groups excluding tert-OH is 10. The van der Waals surface area contributed by atoms with Crippen LogP contribution in [0, 0.1) is 0 Å². The van der Waals surface area contributed by atoms with Gasteiger partial charge in [-0.15, -0.1) is 0 Å². The van der Waals surface area contributed by atoms with E-state index in [1.165, 1.54) is 0 Å². The Hall–Kier alpha value is -1.06. The predicted molar refractivity (Wildman–Crippen MR) is 74.4 cm³/mol. The average molecular weight is 360 g/mol. The summed E-state index contributed by atoms with van der Waals surface area (Å²) in [4.78, 5) is 21.0. The smallest absolute Gasteiger partial charge is 0.189 e. The molecule has 24 heavy (non-hydrogen) atoms. The molecule has 0 aromatic rings. The Labute approximate surface area is 136 Å². The number of hydrogen-bond donors (Lipinski definition) is 10. The first kappa shape index (κ1) is 25.2. The maximum atomic E-state index is 10.5. The topological polar surface area (TPSA) is 236 Å². The number of carbonyl (C=O) groups excluding carboxylic acids is 2. The molecule has 0 aliphatic rings. The molecule has 0 heterocycles. The lowest BCUT2D eigenvalue weighted by molar-refractivity contribution is -0.143. The van der Waals surface area contributed by atoms with Crippen molar-refractivity contribution < 1.29 is 60.7 Å². The first-order chi connectivity index (χ1) is 11.1. The van der Waals surface area contributed by atoms with Crippen molar-refractivity contribution in [3.05, 3.63) is 0 Å². The lowest BCUT2D eigenvalue weighted by Gasteiger charge is -2.19. The van der Waals surface area contributed by atoms with E-state index in [0.29, 0.717) is 0 Å². The first-order valence-corrected chi connectivity index (χ1v) is 6.66. The summed E-state index contributed by atoms with van der Waals surface area (Å²) in [5, 5.41) is 86.1. The molecule has 0 rings (SSSR count). The molecule has 0 amide bonds. The minimum absolute atomic E-state index is 0.767. The summed E-state index contributed by atoms with van der Waals surface area (Å²) >= 11 is 0. The van der Waals surface area contributed by atoms with Gasteiger partial charge < -0.3 is 51.1 Å². The van der Waals surface area contributed by atoms with Gasteiger partial charge in [-0.2, -0.15) is 0 Å². The van der Waals surface area contributed by atoms with E-state index < -0.39 is 74.6 Å². The van der Waals surface area contributed by atoms with Gasteiger partial charge in [0.25, 0.3) is 0 Å². The van der Waals surface area contributed by atoms with E-state index in [1.54, 1.807) is 0 Å². The Morgan fingerprint density at radius 2 is 0.833 bits per heavy atom. The summed E-state index contributed by atoms with van der Waals surface area (Å²) in [5.41, 5.74) is 0. The molecule has 0 spiro atoms. The third-order valence-corrected chi connectivity index (χ3v) is 2.78. The zero-order valence-electron chi connectivity index (χ0n) is 12.6. The average Bonchev–Trinajstić information content (AvgIpc) is 2.62. The minimum Gasteiger partial charge on any atom is -0.394 e. The molecule has 0 aromatic carbocycles. The fourth-order valence-corrected chi connectivity index (χ4v) is 1.20. The highest BCUT2D eigenvalue weighted by Crippen LogP contribution is 2.01. The molecule has 0 aliphatic carbocycles. The molecule has 0 radical (unpaired) electrons. The van der Waals surface area contributed by atoms with Crippen LogP contribution in [0.4, 0.5) is 0 Å².